The van der Waals surface area contributed by atoms with E-state index >= 15 is 0 Å². The summed E-state index contributed by atoms with van der Waals surface area (Å²) in [6.07, 6.45) is 3.50. The molecule has 0 bridgehead atoms. The Morgan fingerprint density at radius 2 is 1.31 bits per heavy atom. The highest BCUT2D eigenvalue weighted by Crippen LogP contribution is 1.73. The monoisotopic (exact) mass is 203 g/mol. The number of rotatable bonds is 0. The predicted octanol–water partition coefficient (Wildman–Crippen LogP) is 0.350. The Morgan fingerprint density at radius 1 is 0.923 bits per heavy atom. The van der Waals surface area contributed by atoms with Crippen molar-refractivity contribution < 1.29 is 19.8 Å². The lowest BCUT2D eigenvalue weighted by Crippen LogP contribution is -2.09. The normalized spacial score (nSPS) is 7.08. The molecule has 0 spiro atoms. The van der Waals surface area contributed by atoms with E-state index in [4.69, 9.17) is 19.8 Å². The first kappa shape index (κ1) is 14.0. The van der Waals surface area contributed by atoms with E-state index in [9.17, 15) is 0 Å². The van der Waals surface area contributed by atoms with Gasteiger partial charge in [-0.05, 0) is 12.1 Å². The Bertz CT molecular complexity index is 213. The molecule has 0 aromatic carbocycles. The lowest BCUT2D eigenvalue weighted by molar-refractivity contribution is -0.159. The van der Waals surface area contributed by atoms with Crippen molar-refractivity contribution in [2.75, 3.05) is 0 Å². The van der Waals surface area contributed by atoms with Gasteiger partial charge >= 0.3 is 11.9 Å². The first-order chi connectivity index (χ1) is 5.64. The summed E-state index contributed by atoms with van der Waals surface area (Å²) >= 11 is 0. The van der Waals surface area contributed by atoms with Crippen LogP contribution in [0.4, 0.5) is 0 Å². The highest BCUT2D eigenvalue weighted by molar-refractivity contribution is 7.59. The summed E-state index contributed by atoms with van der Waals surface area (Å²) in [5.74, 6) is -3.65. The van der Waals surface area contributed by atoms with Crippen molar-refractivity contribution in [3.8, 4) is 0 Å². The van der Waals surface area contributed by atoms with E-state index < -0.39 is 11.9 Å². The topological polar surface area (TPSA) is 87.5 Å². The van der Waals surface area contributed by atoms with Crippen molar-refractivity contribution in [2.45, 2.75) is 0 Å². The number of hydrogen-bond donors (Lipinski definition) is 2. The zero-order valence-corrected chi connectivity index (χ0v) is 7.54. The fourth-order valence-corrected chi connectivity index (χ4v) is 0.313. The first-order valence-electron chi connectivity index (χ1n) is 2.96. The average molecular weight is 203 g/mol. The number of carboxylic acids is 2. The highest BCUT2D eigenvalue weighted by Gasteiger charge is 2.04. The van der Waals surface area contributed by atoms with Crippen molar-refractivity contribution in [2.24, 2.45) is 0 Å². The molecule has 1 aromatic heterocycles. The third kappa shape index (κ3) is 10.4. The molecule has 2 N–H and O–H groups in total. The number of pyridine rings is 1. The molecule has 6 heteroatoms. The summed E-state index contributed by atoms with van der Waals surface area (Å²) in [7, 11) is 0. The van der Waals surface area contributed by atoms with Crippen molar-refractivity contribution >= 4 is 25.4 Å². The van der Waals surface area contributed by atoms with Crippen LogP contribution in [0, 0.1) is 0 Å². The van der Waals surface area contributed by atoms with Crippen LogP contribution in [0.1, 0.15) is 0 Å². The maximum absolute atomic E-state index is 9.10. The Balaban J connectivity index is 0. The molecule has 0 aliphatic heterocycles. The van der Waals surface area contributed by atoms with Crippen LogP contribution in [-0.4, -0.2) is 27.1 Å². The maximum atomic E-state index is 9.10. The predicted molar refractivity (Wildman–Crippen MR) is 49.9 cm³/mol. The zero-order chi connectivity index (χ0) is 9.40. The minimum atomic E-state index is -1.82. The lowest BCUT2D eigenvalue weighted by atomic mass is 10.5. The van der Waals surface area contributed by atoms with Crippen LogP contribution < -0.4 is 0 Å². The minimum Gasteiger partial charge on any atom is -0.473 e. The van der Waals surface area contributed by atoms with Gasteiger partial charge in [0.15, 0.2) is 0 Å². The standard InChI is InChI=1S/C5H5N.C2H2O4.H2S/c1-2-4-6-5-3-1;3-1(4)2(5)6;/h1-5H;(H,3,4)(H,5,6);1H2. The smallest absolute Gasteiger partial charge is 0.414 e. The van der Waals surface area contributed by atoms with Gasteiger partial charge in [-0.15, -0.1) is 0 Å². The van der Waals surface area contributed by atoms with Crippen LogP contribution in [0.25, 0.3) is 0 Å². The van der Waals surface area contributed by atoms with Crippen LogP contribution in [-0.2, 0) is 9.59 Å². The fourth-order valence-electron chi connectivity index (χ4n) is 0.313. The van der Waals surface area contributed by atoms with Crippen molar-refractivity contribution in [3.63, 3.8) is 0 Å². The average Bonchev–Trinajstić information content (AvgIpc) is 2.08. The number of carbonyl (C=O) groups is 2. The Labute approximate surface area is 81.5 Å². The van der Waals surface area contributed by atoms with Gasteiger partial charge in [0.05, 0.1) is 0 Å². The summed E-state index contributed by atoms with van der Waals surface area (Å²) in [4.78, 5) is 22.0. The fraction of sp³-hybridized carbons (Fsp3) is 0. The molecule has 0 aliphatic carbocycles. The summed E-state index contributed by atoms with van der Waals surface area (Å²) in [5.41, 5.74) is 0. The Morgan fingerprint density at radius 3 is 1.38 bits per heavy atom. The largest absolute Gasteiger partial charge is 0.473 e. The second kappa shape index (κ2) is 8.54. The van der Waals surface area contributed by atoms with Crippen LogP contribution in [0.15, 0.2) is 30.6 Å². The van der Waals surface area contributed by atoms with E-state index in [2.05, 4.69) is 4.98 Å². The molecular weight excluding hydrogens is 194 g/mol. The van der Waals surface area contributed by atoms with Crippen molar-refractivity contribution in [1.82, 2.24) is 4.98 Å². The van der Waals surface area contributed by atoms with Gasteiger partial charge in [-0.3, -0.25) is 4.98 Å². The van der Waals surface area contributed by atoms with Gasteiger partial charge in [0.1, 0.15) is 0 Å². The van der Waals surface area contributed by atoms with E-state index in [0.29, 0.717) is 0 Å². The molecule has 5 nitrogen and oxygen atoms in total. The van der Waals surface area contributed by atoms with Gasteiger partial charge < -0.3 is 10.2 Å². The second-order valence-electron chi connectivity index (χ2n) is 1.63. The molecule has 1 rings (SSSR count). The number of carboxylic acid groups (broad SMARTS) is 2. The molecule has 0 atom stereocenters. The van der Waals surface area contributed by atoms with Crippen LogP contribution >= 0.6 is 13.5 Å². The quantitative estimate of drug-likeness (QED) is 0.594. The zero-order valence-electron chi connectivity index (χ0n) is 6.54. The molecule has 72 valence electrons. The summed E-state index contributed by atoms with van der Waals surface area (Å²) in [6, 6.07) is 5.72. The number of aromatic nitrogens is 1. The molecule has 1 aromatic rings. The van der Waals surface area contributed by atoms with Crippen molar-refractivity contribution in [1.29, 1.82) is 0 Å². The van der Waals surface area contributed by atoms with Gasteiger partial charge in [-0.2, -0.15) is 13.5 Å². The SMILES string of the molecule is O=C(O)C(=O)O.S.c1ccncc1. The van der Waals surface area contributed by atoms with E-state index in [0.717, 1.165) is 0 Å². The third-order valence-electron chi connectivity index (χ3n) is 0.749. The lowest BCUT2D eigenvalue weighted by Gasteiger charge is -1.72. The maximum Gasteiger partial charge on any atom is 0.414 e. The van der Waals surface area contributed by atoms with Gasteiger partial charge in [0, 0.05) is 12.4 Å². The second-order valence-corrected chi connectivity index (χ2v) is 1.63. The van der Waals surface area contributed by atoms with E-state index in [-0.39, 0.29) is 13.5 Å². The van der Waals surface area contributed by atoms with Gasteiger partial charge in [0.25, 0.3) is 0 Å². The summed E-state index contributed by atoms with van der Waals surface area (Å²) in [5, 5.41) is 14.8. The third-order valence-corrected chi connectivity index (χ3v) is 0.749. The first-order valence-corrected chi connectivity index (χ1v) is 2.96. The molecule has 0 fully saturated rings. The number of nitrogens with zero attached hydrogens (tertiary/aromatic N) is 1. The molecule has 1 heterocycles. The van der Waals surface area contributed by atoms with Crippen LogP contribution in [0.3, 0.4) is 0 Å². The highest BCUT2D eigenvalue weighted by atomic mass is 32.1. The van der Waals surface area contributed by atoms with E-state index in [1.807, 2.05) is 18.2 Å². The molecule has 0 radical (unpaired) electrons. The molecule has 13 heavy (non-hydrogen) atoms. The van der Waals surface area contributed by atoms with Crippen LogP contribution in [0.5, 0.6) is 0 Å². The van der Waals surface area contributed by atoms with Gasteiger partial charge in [-0.1, -0.05) is 6.07 Å². The number of aliphatic carboxylic acids is 2. The molecule has 0 saturated carbocycles. The minimum absolute atomic E-state index is 0. The van der Waals surface area contributed by atoms with Gasteiger partial charge in [-0.25, -0.2) is 9.59 Å². The van der Waals surface area contributed by atoms with Gasteiger partial charge in [0.2, 0.25) is 0 Å². The van der Waals surface area contributed by atoms with E-state index in [1.54, 1.807) is 12.4 Å². The molecular formula is C7H9NO4S. The number of hydrogen-bond acceptors (Lipinski definition) is 3. The molecule has 0 aliphatic rings. The summed E-state index contributed by atoms with van der Waals surface area (Å²) < 4.78 is 0. The van der Waals surface area contributed by atoms with Crippen molar-refractivity contribution in [3.05, 3.63) is 30.6 Å². The Kier molecular flexibility index (Phi) is 9.19. The summed E-state index contributed by atoms with van der Waals surface area (Å²) in [6.45, 7) is 0. The van der Waals surface area contributed by atoms with E-state index in [1.165, 1.54) is 0 Å². The van der Waals surface area contributed by atoms with Crippen LogP contribution in [0.2, 0.25) is 0 Å². The molecule has 0 saturated heterocycles. The molecule has 0 unspecified atom stereocenters. The Hall–Kier alpha value is -1.56. The molecule has 0 amide bonds.